The van der Waals surface area contributed by atoms with Crippen LogP contribution >= 0.6 is 34.0 Å². The molecule has 0 amide bonds. The van der Waals surface area contributed by atoms with Gasteiger partial charge in [-0.05, 0) is 29.8 Å². The first kappa shape index (κ1) is 16.7. The van der Waals surface area contributed by atoms with Crippen molar-refractivity contribution in [1.82, 2.24) is 4.98 Å². The van der Waals surface area contributed by atoms with Crippen LogP contribution in [0.15, 0.2) is 64.0 Å². The Morgan fingerprint density at radius 2 is 1.88 bits per heavy atom. The molecule has 5 heteroatoms. The number of aromatic nitrogens is 1. The number of quaternary nitrogens is 1. The maximum absolute atomic E-state index is 4.81. The van der Waals surface area contributed by atoms with Gasteiger partial charge in [-0.25, -0.2) is 4.98 Å². The normalized spacial score (nSPS) is 12.4. The van der Waals surface area contributed by atoms with Crippen molar-refractivity contribution in [2.75, 3.05) is 0 Å². The van der Waals surface area contributed by atoms with Crippen molar-refractivity contribution in [1.29, 1.82) is 0 Å². The molecule has 1 atom stereocenters. The van der Waals surface area contributed by atoms with Crippen molar-refractivity contribution in [3.63, 3.8) is 0 Å². The molecule has 3 heterocycles. The van der Waals surface area contributed by atoms with Gasteiger partial charge in [-0.1, -0.05) is 35.9 Å². The molecule has 2 N–H and O–H groups in total. The minimum atomic E-state index is 0.326. The second kappa shape index (κ2) is 7.62. The van der Waals surface area contributed by atoms with E-state index in [2.05, 4.69) is 76.2 Å². The highest BCUT2D eigenvalue weighted by atomic mass is 32.1. The molecule has 1 aromatic carbocycles. The Morgan fingerprint density at radius 1 is 1.00 bits per heavy atom. The lowest BCUT2D eigenvalue weighted by molar-refractivity contribution is -0.702. The van der Waals surface area contributed by atoms with Crippen molar-refractivity contribution in [3.05, 3.63) is 85.7 Å². The predicted octanol–water partition coefficient (Wildman–Crippen LogP) is 5.09. The van der Waals surface area contributed by atoms with Gasteiger partial charge in [0.15, 0.2) is 0 Å². The maximum atomic E-state index is 4.81. The van der Waals surface area contributed by atoms with Gasteiger partial charge in [-0.15, -0.1) is 22.7 Å². The molecule has 0 saturated heterocycles. The van der Waals surface area contributed by atoms with E-state index >= 15 is 0 Å². The minimum Gasteiger partial charge on any atom is -0.331 e. The summed E-state index contributed by atoms with van der Waals surface area (Å²) in [7, 11) is 0. The first-order valence-corrected chi connectivity index (χ1v) is 10.9. The second-order valence-electron chi connectivity index (χ2n) is 6.00. The lowest BCUT2D eigenvalue weighted by atomic mass is 10.0. The van der Waals surface area contributed by atoms with Crippen molar-refractivity contribution in [3.8, 4) is 10.6 Å². The van der Waals surface area contributed by atoms with Crippen molar-refractivity contribution in [2.45, 2.75) is 19.5 Å². The third kappa shape index (κ3) is 3.90. The van der Waals surface area contributed by atoms with Gasteiger partial charge in [0.2, 0.25) is 0 Å². The number of hydrogen-bond acceptors (Lipinski definition) is 4. The summed E-state index contributed by atoms with van der Waals surface area (Å²) < 4.78 is 0. The molecular weight excluding hydrogens is 364 g/mol. The molecule has 0 bridgehead atoms. The van der Waals surface area contributed by atoms with E-state index < -0.39 is 0 Å². The first-order chi connectivity index (χ1) is 12.3. The van der Waals surface area contributed by atoms with E-state index in [1.807, 2.05) is 11.3 Å². The quantitative estimate of drug-likeness (QED) is 0.493. The fourth-order valence-electron chi connectivity index (χ4n) is 2.82. The largest absolute Gasteiger partial charge is 0.331 e. The van der Waals surface area contributed by atoms with Gasteiger partial charge in [0.1, 0.15) is 23.3 Å². The Hall–Kier alpha value is -1.79. The third-order valence-electron chi connectivity index (χ3n) is 4.17. The predicted molar refractivity (Wildman–Crippen MR) is 108 cm³/mol. The van der Waals surface area contributed by atoms with Gasteiger partial charge in [-0.3, -0.25) is 0 Å². The summed E-state index contributed by atoms with van der Waals surface area (Å²) in [6, 6.07) is 15.7. The topological polar surface area (TPSA) is 29.5 Å². The number of benzene rings is 1. The Kier molecular flexibility index (Phi) is 5.08. The smallest absolute Gasteiger partial charge is 0.147 e. The molecule has 0 unspecified atom stereocenters. The third-order valence-corrected chi connectivity index (χ3v) is 6.75. The Balaban J connectivity index is 1.52. The first-order valence-electron chi connectivity index (χ1n) is 8.20. The fraction of sp³-hybridized carbons (Fsp3) is 0.150. The molecule has 25 heavy (non-hydrogen) atoms. The molecule has 0 radical (unpaired) electrons. The van der Waals surface area contributed by atoms with Crippen LogP contribution in [0, 0.1) is 6.92 Å². The highest BCUT2D eigenvalue weighted by Gasteiger charge is 2.19. The van der Waals surface area contributed by atoms with Crippen molar-refractivity contribution in [2.24, 2.45) is 0 Å². The number of nitrogens with two attached hydrogens (primary N) is 1. The molecule has 0 aliphatic carbocycles. The lowest BCUT2D eigenvalue weighted by Gasteiger charge is -2.14. The number of nitrogens with zero attached hydrogens (tertiary/aromatic N) is 1. The van der Waals surface area contributed by atoms with Crippen LogP contribution in [-0.2, 0) is 6.54 Å². The van der Waals surface area contributed by atoms with E-state index in [-0.39, 0.29) is 0 Å². The summed E-state index contributed by atoms with van der Waals surface area (Å²) in [5.74, 6) is 0. The Morgan fingerprint density at radius 3 is 2.60 bits per heavy atom. The van der Waals surface area contributed by atoms with E-state index in [1.54, 1.807) is 22.7 Å². The number of aryl methyl sites for hydroxylation is 1. The summed E-state index contributed by atoms with van der Waals surface area (Å²) in [4.78, 5) is 6.20. The number of thiophene rings is 2. The number of rotatable bonds is 6. The molecular formula is C20H19N2S3+. The molecule has 0 aliphatic heterocycles. The average molecular weight is 384 g/mol. The summed E-state index contributed by atoms with van der Waals surface area (Å²) in [5, 5.41) is 12.1. The summed E-state index contributed by atoms with van der Waals surface area (Å²) >= 11 is 5.27. The standard InChI is InChI=1S/C20H18N2S3/c1-14-4-6-15(7-5-14)19(18-3-2-9-24-18)21-11-17-13-25-20(22-17)16-8-10-23-12-16/h2-10,12-13,19,21H,11H2,1H3/p+1/t19-/m1/s1. The Bertz CT molecular complexity index is 906. The number of thiazole rings is 1. The lowest BCUT2D eigenvalue weighted by Crippen LogP contribution is -2.83. The van der Waals surface area contributed by atoms with Crippen LogP contribution in [0.2, 0.25) is 0 Å². The average Bonchev–Trinajstić information content (AvgIpc) is 3.39. The molecule has 0 spiro atoms. The van der Waals surface area contributed by atoms with Crippen LogP contribution in [0.1, 0.15) is 27.7 Å². The zero-order chi connectivity index (χ0) is 17.1. The van der Waals surface area contributed by atoms with E-state index in [1.165, 1.54) is 21.6 Å². The molecule has 4 rings (SSSR count). The fourth-order valence-corrected chi connectivity index (χ4v) is 5.21. The molecule has 2 nitrogen and oxygen atoms in total. The second-order valence-corrected chi connectivity index (χ2v) is 8.62. The van der Waals surface area contributed by atoms with Gasteiger partial charge in [0.05, 0.1) is 4.88 Å². The molecule has 0 aliphatic rings. The van der Waals surface area contributed by atoms with Gasteiger partial charge in [0.25, 0.3) is 0 Å². The van der Waals surface area contributed by atoms with E-state index in [0.29, 0.717) is 6.04 Å². The highest BCUT2D eigenvalue weighted by molar-refractivity contribution is 7.14. The SMILES string of the molecule is Cc1ccc([C@@H]([NH2+]Cc2csc(-c3ccsc3)n2)c2cccs2)cc1. The summed E-state index contributed by atoms with van der Waals surface area (Å²) in [6.45, 7) is 3.02. The van der Waals surface area contributed by atoms with Gasteiger partial charge < -0.3 is 5.32 Å². The van der Waals surface area contributed by atoms with E-state index in [9.17, 15) is 0 Å². The van der Waals surface area contributed by atoms with Gasteiger partial charge in [0, 0.05) is 21.9 Å². The maximum Gasteiger partial charge on any atom is 0.147 e. The van der Waals surface area contributed by atoms with Crippen LogP contribution in [0.25, 0.3) is 10.6 Å². The highest BCUT2D eigenvalue weighted by Crippen LogP contribution is 2.26. The van der Waals surface area contributed by atoms with Crippen molar-refractivity contribution < 1.29 is 5.32 Å². The molecule has 126 valence electrons. The van der Waals surface area contributed by atoms with Gasteiger partial charge >= 0.3 is 0 Å². The zero-order valence-electron chi connectivity index (χ0n) is 13.9. The van der Waals surface area contributed by atoms with Crippen molar-refractivity contribution >= 4 is 34.0 Å². The van der Waals surface area contributed by atoms with Crippen LogP contribution in [0.4, 0.5) is 0 Å². The molecule has 3 aromatic heterocycles. The molecule has 4 aromatic rings. The summed E-state index contributed by atoms with van der Waals surface area (Å²) in [5.41, 5.74) is 5.03. The van der Waals surface area contributed by atoms with E-state index in [0.717, 1.165) is 17.2 Å². The molecule has 0 fully saturated rings. The minimum absolute atomic E-state index is 0.326. The van der Waals surface area contributed by atoms with Gasteiger partial charge in [-0.2, -0.15) is 11.3 Å². The van der Waals surface area contributed by atoms with Crippen LogP contribution in [-0.4, -0.2) is 4.98 Å². The van der Waals surface area contributed by atoms with Crippen LogP contribution in [0.3, 0.4) is 0 Å². The Labute approximate surface area is 159 Å². The monoisotopic (exact) mass is 383 g/mol. The van der Waals surface area contributed by atoms with Crippen LogP contribution < -0.4 is 5.32 Å². The summed E-state index contributed by atoms with van der Waals surface area (Å²) in [6.07, 6.45) is 0. The molecule has 0 saturated carbocycles. The zero-order valence-corrected chi connectivity index (χ0v) is 16.3. The van der Waals surface area contributed by atoms with Crippen LogP contribution in [0.5, 0.6) is 0 Å². The number of hydrogen-bond donors (Lipinski definition) is 1. The van der Waals surface area contributed by atoms with E-state index in [4.69, 9.17) is 4.98 Å².